The molecule has 0 saturated carbocycles. The number of thioether (sulfide) groups is 2. The maximum atomic E-state index is 11.8. The lowest BCUT2D eigenvalue weighted by Crippen LogP contribution is -2.22. The van der Waals surface area contributed by atoms with Gasteiger partial charge >= 0.3 is 0 Å². The smallest absolute Gasteiger partial charge is 0.234 e. The third kappa shape index (κ3) is 4.25. The molecule has 0 aromatic carbocycles. The van der Waals surface area contributed by atoms with E-state index in [2.05, 4.69) is 24.0 Å². The second-order valence-electron chi connectivity index (χ2n) is 5.73. The van der Waals surface area contributed by atoms with E-state index in [1.807, 2.05) is 37.4 Å². The number of ketones is 1. The molecular weight excluding hydrogens is 292 g/mol. The summed E-state index contributed by atoms with van der Waals surface area (Å²) in [6, 6.07) is 0. The van der Waals surface area contributed by atoms with Crippen molar-refractivity contribution in [3.05, 3.63) is 11.7 Å². The van der Waals surface area contributed by atoms with Crippen LogP contribution in [-0.2, 0) is 11.2 Å². The molecule has 20 heavy (non-hydrogen) atoms. The number of nitrogens with zero attached hydrogens (tertiary/aromatic N) is 2. The van der Waals surface area contributed by atoms with Crippen LogP contribution in [-0.4, -0.2) is 32.2 Å². The fraction of sp³-hybridized carbons (Fsp3) is 0.786. The van der Waals surface area contributed by atoms with Crippen LogP contribution in [0.3, 0.4) is 0 Å². The van der Waals surface area contributed by atoms with E-state index >= 15 is 0 Å². The average molecular weight is 314 g/mol. The van der Waals surface area contributed by atoms with Gasteiger partial charge in [0.05, 0.1) is 11.7 Å². The molecule has 2 rings (SSSR count). The highest BCUT2D eigenvalue weighted by Crippen LogP contribution is 2.43. The third-order valence-electron chi connectivity index (χ3n) is 3.31. The van der Waals surface area contributed by atoms with E-state index in [0.29, 0.717) is 28.7 Å². The van der Waals surface area contributed by atoms with E-state index in [-0.39, 0.29) is 17.5 Å². The topological polar surface area (TPSA) is 56.0 Å². The van der Waals surface area contributed by atoms with Crippen molar-refractivity contribution >= 4 is 29.3 Å². The minimum Gasteiger partial charge on any atom is -0.339 e. The minimum absolute atomic E-state index is 0.169. The molecule has 3 unspecified atom stereocenters. The van der Waals surface area contributed by atoms with Crippen molar-refractivity contribution in [1.29, 1.82) is 0 Å². The first-order valence-corrected chi connectivity index (χ1v) is 9.06. The lowest BCUT2D eigenvalue weighted by atomic mass is 10.1. The van der Waals surface area contributed by atoms with Crippen LogP contribution >= 0.6 is 23.5 Å². The monoisotopic (exact) mass is 314 g/mol. The average Bonchev–Trinajstić information content (AvgIpc) is 2.80. The van der Waals surface area contributed by atoms with Gasteiger partial charge in [0.25, 0.3) is 0 Å². The molecule has 1 fully saturated rings. The van der Waals surface area contributed by atoms with Crippen LogP contribution in [0, 0.1) is 5.92 Å². The fourth-order valence-electron chi connectivity index (χ4n) is 2.09. The Morgan fingerprint density at radius 3 is 2.80 bits per heavy atom. The van der Waals surface area contributed by atoms with E-state index < -0.39 is 0 Å². The molecule has 1 aliphatic rings. The van der Waals surface area contributed by atoms with Crippen molar-refractivity contribution in [3.63, 3.8) is 0 Å². The van der Waals surface area contributed by atoms with Crippen LogP contribution in [0.25, 0.3) is 0 Å². The van der Waals surface area contributed by atoms with Gasteiger partial charge < -0.3 is 4.52 Å². The zero-order valence-corrected chi connectivity index (χ0v) is 14.1. The third-order valence-corrected chi connectivity index (χ3v) is 6.69. The Morgan fingerprint density at radius 1 is 1.40 bits per heavy atom. The number of rotatable bonds is 5. The zero-order chi connectivity index (χ0) is 14.7. The zero-order valence-electron chi connectivity index (χ0n) is 12.5. The van der Waals surface area contributed by atoms with E-state index in [9.17, 15) is 4.79 Å². The number of carbonyl (C=O) groups excluding carboxylic acids is 1. The summed E-state index contributed by atoms with van der Waals surface area (Å²) in [5.41, 5.74) is 0. The maximum Gasteiger partial charge on any atom is 0.234 e. The van der Waals surface area contributed by atoms with Gasteiger partial charge in [-0.25, -0.2) is 0 Å². The van der Waals surface area contributed by atoms with Gasteiger partial charge in [-0.1, -0.05) is 32.9 Å². The summed E-state index contributed by atoms with van der Waals surface area (Å²) in [4.78, 5) is 16.2. The molecule has 0 radical (unpaired) electrons. The Hall–Kier alpha value is -0.490. The van der Waals surface area contributed by atoms with Crippen molar-refractivity contribution in [1.82, 2.24) is 10.1 Å². The first-order chi connectivity index (χ1) is 9.45. The molecular formula is C14H22N2O2S2. The molecule has 6 heteroatoms. The molecule has 0 spiro atoms. The van der Waals surface area contributed by atoms with Crippen molar-refractivity contribution in [2.45, 2.75) is 56.3 Å². The van der Waals surface area contributed by atoms with Gasteiger partial charge in [0.1, 0.15) is 5.78 Å². The lowest BCUT2D eigenvalue weighted by molar-refractivity contribution is -0.119. The van der Waals surface area contributed by atoms with Crippen molar-refractivity contribution in [2.75, 3.05) is 5.75 Å². The second kappa shape index (κ2) is 6.98. The Bertz CT molecular complexity index is 462. The van der Waals surface area contributed by atoms with Gasteiger partial charge in [0, 0.05) is 22.7 Å². The van der Waals surface area contributed by atoms with Crippen LogP contribution in [0.15, 0.2) is 4.52 Å². The number of hydrogen-bond donors (Lipinski definition) is 0. The summed E-state index contributed by atoms with van der Waals surface area (Å²) < 4.78 is 5.23. The number of carbonyl (C=O) groups is 1. The van der Waals surface area contributed by atoms with E-state index in [1.165, 1.54) is 0 Å². The highest BCUT2D eigenvalue weighted by molar-refractivity contribution is 8.07. The van der Waals surface area contributed by atoms with Crippen molar-refractivity contribution in [2.24, 2.45) is 5.92 Å². The SMILES string of the molecule is CC(C)CC(=O)Cc1nc(C2CSC(C)C(C)S2)no1. The van der Waals surface area contributed by atoms with Gasteiger partial charge in [0.15, 0.2) is 5.82 Å². The van der Waals surface area contributed by atoms with Crippen LogP contribution in [0.1, 0.15) is 51.1 Å². The number of hydrogen-bond acceptors (Lipinski definition) is 6. The number of Topliss-reactive ketones (excluding diaryl/α,β-unsaturated/α-hetero) is 1. The summed E-state index contributed by atoms with van der Waals surface area (Å²) in [6.07, 6.45) is 0.835. The maximum absolute atomic E-state index is 11.8. The highest BCUT2D eigenvalue weighted by atomic mass is 32.2. The predicted molar refractivity (Wildman–Crippen MR) is 84.2 cm³/mol. The van der Waals surface area contributed by atoms with E-state index in [4.69, 9.17) is 4.52 Å². The lowest BCUT2D eigenvalue weighted by Gasteiger charge is -2.29. The Labute approximate surface area is 128 Å². The molecule has 0 N–H and O–H groups in total. The molecule has 0 aliphatic carbocycles. The molecule has 0 amide bonds. The van der Waals surface area contributed by atoms with Crippen LogP contribution < -0.4 is 0 Å². The summed E-state index contributed by atoms with van der Waals surface area (Å²) in [5, 5.41) is 5.59. The molecule has 1 aromatic heterocycles. The summed E-state index contributed by atoms with van der Waals surface area (Å²) in [5.74, 6) is 2.76. The van der Waals surface area contributed by atoms with Gasteiger partial charge in [-0.05, 0) is 5.92 Å². The van der Waals surface area contributed by atoms with Crippen LogP contribution in [0.5, 0.6) is 0 Å². The van der Waals surface area contributed by atoms with E-state index in [0.717, 1.165) is 11.6 Å². The first kappa shape index (κ1) is 15.9. The van der Waals surface area contributed by atoms with Crippen LogP contribution in [0.4, 0.5) is 0 Å². The molecule has 112 valence electrons. The van der Waals surface area contributed by atoms with Gasteiger partial charge in [-0.2, -0.15) is 16.7 Å². The Balaban J connectivity index is 1.93. The molecule has 1 aromatic rings. The van der Waals surface area contributed by atoms with E-state index in [1.54, 1.807) is 0 Å². The summed E-state index contributed by atoms with van der Waals surface area (Å²) >= 11 is 3.85. The molecule has 1 aliphatic heterocycles. The van der Waals surface area contributed by atoms with Crippen molar-refractivity contribution < 1.29 is 9.32 Å². The first-order valence-electron chi connectivity index (χ1n) is 7.07. The standard InChI is InChI=1S/C14H22N2O2S2/c1-8(2)5-11(17)6-13-15-14(16-18-13)12-7-19-9(3)10(4)20-12/h8-10,12H,5-7H2,1-4H3. The Kier molecular flexibility index (Phi) is 5.55. The minimum atomic E-state index is 0.169. The second-order valence-corrected chi connectivity index (χ2v) is 8.72. The quantitative estimate of drug-likeness (QED) is 0.829. The number of aromatic nitrogens is 2. The Morgan fingerprint density at radius 2 is 2.15 bits per heavy atom. The highest BCUT2D eigenvalue weighted by Gasteiger charge is 2.30. The van der Waals surface area contributed by atoms with Crippen LogP contribution in [0.2, 0.25) is 0 Å². The van der Waals surface area contributed by atoms with Gasteiger partial charge in [0.2, 0.25) is 5.89 Å². The molecule has 0 bridgehead atoms. The molecule has 4 nitrogen and oxygen atoms in total. The predicted octanol–water partition coefficient (Wildman–Crippen LogP) is 3.53. The van der Waals surface area contributed by atoms with Crippen molar-refractivity contribution in [3.8, 4) is 0 Å². The summed E-state index contributed by atoms with van der Waals surface area (Å²) in [7, 11) is 0. The normalized spacial score (nSPS) is 26.9. The summed E-state index contributed by atoms with van der Waals surface area (Å²) in [6.45, 7) is 8.57. The molecule has 1 saturated heterocycles. The largest absolute Gasteiger partial charge is 0.339 e. The van der Waals surface area contributed by atoms with Gasteiger partial charge in [-0.3, -0.25) is 4.79 Å². The van der Waals surface area contributed by atoms with Gasteiger partial charge in [-0.15, -0.1) is 11.8 Å². The fourth-order valence-corrected chi connectivity index (χ4v) is 4.92. The molecule has 2 heterocycles. The molecule has 3 atom stereocenters.